The highest BCUT2D eigenvalue weighted by molar-refractivity contribution is 7.85. The van der Waals surface area contributed by atoms with Crippen molar-refractivity contribution in [3.63, 3.8) is 0 Å². The number of fused-ring (bicyclic) bond motifs is 1. The number of aryl methyl sites for hydroxylation is 1. The van der Waals surface area contributed by atoms with Crippen molar-refractivity contribution < 1.29 is 22.9 Å². The minimum Gasteiger partial charge on any atom is -0.390 e. The molecule has 5 rings (SSSR count). The van der Waals surface area contributed by atoms with Crippen LogP contribution in [-0.4, -0.2) is 34.7 Å². The van der Waals surface area contributed by atoms with Gasteiger partial charge >= 0.3 is 0 Å². The van der Waals surface area contributed by atoms with Crippen molar-refractivity contribution in [2.45, 2.75) is 62.5 Å². The van der Waals surface area contributed by atoms with Gasteiger partial charge in [-0.25, -0.2) is 0 Å². The molecule has 3 aromatic carbocycles. The van der Waals surface area contributed by atoms with E-state index in [2.05, 4.69) is 5.32 Å². The topological polar surface area (TPSA) is 109 Å². The monoisotopic (exact) mass is 546 g/mol. The Labute approximate surface area is 229 Å². The van der Waals surface area contributed by atoms with Crippen molar-refractivity contribution in [1.82, 2.24) is 4.57 Å². The molecular weight excluding hydrogens is 512 g/mol. The minimum atomic E-state index is -4.36. The summed E-state index contributed by atoms with van der Waals surface area (Å²) in [5, 5.41) is 15.6. The number of rotatable bonds is 8. The molecule has 0 saturated heterocycles. The summed E-state index contributed by atoms with van der Waals surface area (Å²) in [6.07, 6.45) is 6.49. The molecule has 204 valence electrons. The van der Waals surface area contributed by atoms with Crippen molar-refractivity contribution >= 4 is 32.6 Å². The van der Waals surface area contributed by atoms with Gasteiger partial charge in [-0.2, -0.15) is 8.42 Å². The number of hydrogen-bond donors (Lipinski definition) is 3. The zero-order chi connectivity index (χ0) is 27.6. The predicted octanol–water partition coefficient (Wildman–Crippen LogP) is 5.91. The van der Waals surface area contributed by atoms with Crippen LogP contribution in [0.4, 0.5) is 5.69 Å². The van der Waals surface area contributed by atoms with E-state index in [0.29, 0.717) is 5.56 Å². The van der Waals surface area contributed by atoms with Gasteiger partial charge < -0.3 is 15.0 Å². The van der Waals surface area contributed by atoms with Gasteiger partial charge in [-0.15, -0.1) is 0 Å². The third-order valence-electron chi connectivity index (χ3n) is 7.82. The second kappa shape index (κ2) is 11.3. The van der Waals surface area contributed by atoms with E-state index in [1.165, 1.54) is 18.6 Å². The predicted molar refractivity (Wildman–Crippen MR) is 152 cm³/mol. The summed E-state index contributed by atoms with van der Waals surface area (Å²) in [4.78, 5) is 12.6. The summed E-state index contributed by atoms with van der Waals surface area (Å²) in [6, 6.07) is 21.4. The van der Waals surface area contributed by atoms with E-state index < -0.39 is 22.3 Å². The Morgan fingerprint density at radius 2 is 1.74 bits per heavy atom. The van der Waals surface area contributed by atoms with Crippen molar-refractivity contribution in [3.8, 4) is 0 Å². The molecule has 0 radical (unpaired) electrons. The van der Waals surface area contributed by atoms with Crippen LogP contribution in [0.2, 0.25) is 0 Å². The van der Waals surface area contributed by atoms with E-state index in [1.54, 1.807) is 6.07 Å². The van der Waals surface area contributed by atoms with Crippen molar-refractivity contribution in [2.75, 3.05) is 5.32 Å². The van der Waals surface area contributed by atoms with Gasteiger partial charge in [0.15, 0.2) is 0 Å². The van der Waals surface area contributed by atoms with Gasteiger partial charge in [-0.1, -0.05) is 55.7 Å². The molecule has 2 atom stereocenters. The largest absolute Gasteiger partial charge is 0.390 e. The summed E-state index contributed by atoms with van der Waals surface area (Å²) in [6.45, 7) is 1.85. The smallest absolute Gasteiger partial charge is 0.294 e. The van der Waals surface area contributed by atoms with Crippen molar-refractivity contribution in [3.05, 3.63) is 95.7 Å². The summed E-state index contributed by atoms with van der Waals surface area (Å²) < 4.78 is 35.0. The van der Waals surface area contributed by atoms with Gasteiger partial charge in [0.05, 0.1) is 17.0 Å². The van der Waals surface area contributed by atoms with E-state index in [9.17, 15) is 22.9 Å². The van der Waals surface area contributed by atoms with Crippen LogP contribution >= 0.6 is 0 Å². The molecule has 1 saturated carbocycles. The van der Waals surface area contributed by atoms with Crippen LogP contribution in [0.25, 0.3) is 10.9 Å². The normalized spacial score (nSPS) is 16.2. The van der Waals surface area contributed by atoms with Gasteiger partial charge in [0.2, 0.25) is 5.91 Å². The first-order valence-corrected chi connectivity index (χ1v) is 14.9. The Morgan fingerprint density at radius 1 is 1.00 bits per heavy atom. The Balaban J connectivity index is 1.46. The maximum Gasteiger partial charge on any atom is 0.294 e. The number of carbonyl (C=O) groups is 1. The number of aromatic nitrogens is 1. The molecule has 1 amide bonds. The van der Waals surface area contributed by atoms with E-state index in [0.717, 1.165) is 53.4 Å². The molecule has 4 aromatic rings. The number of aliphatic hydroxyl groups is 1. The third kappa shape index (κ3) is 6.08. The Morgan fingerprint density at radius 3 is 2.46 bits per heavy atom. The lowest BCUT2D eigenvalue weighted by Gasteiger charge is -2.27. The van der Waals surface area contributed by atoms with Crippen LogP contribution in [0.3, 0.4) is 0 Å². The molecular formula is C31H34N2O5S. The van der Waals surface area contributed by atoms with E-state index >= 15 is 0 Å². The van der Waals surface area contributed by atoms with Gasteiger partial charge in [0.1, 0.15) is 0 Å². The first kappa shape index (κ1) is 27.1. The van der Waals surface area contributed by atoms with Crippen LogP contribution in [0, 0.1) is 12.8 Å². The number of nitrogens with zero attached hydrogens (tertiary/aromatic N) is 1. The van der Waals surface area contributed by atoms with Crippen molar-refractivity contribution in [2.24, 2.45) is 5.92 Å². The summed E-state index contributed by atoms with van der Waals surface area (Å²) in [7, 11) is -4.36. The first-order chi connectivity index (χ1) is 18.7. The van der Waals surface area contributed by atoms with Crippen LogP contribution < -0.4 is 5.32 Å². The zero-order valence-electron chi connectivity index (χ0n) is 22.0. The van der Waals surface area contributed by atoms with Gasteiger partial charge in [0, 0.05) is 35.1 Å². The minimum absolute atomic E-state index is 0.0689. The summed E-state index contributed by atoms with van der Waals surface area (Å²) >= 11 is 0. The molecule has 3 N–H and O–H groups in total. The quantitative estimate of drug-likeness (QED) is 0.238. The average Bonchev–Trinajstić information content (AvgIpc) is 3.33. The van der Waals surface area contributed by atoms with Gasteiger partial charge in [-0.05, 0) is 72.9 Å². The lowest BCUT2D eigenvalue weighted by Crippen LogP contribution is -2.27. The fraction of sp³-hybridized carbons (Fsp3) is 0.323. The van der Waals surface area contributed by atoms with Crippen LogP contribution in [0.1, 0.15) is 54.8 Å². The molecule has 1 aromatic heterocycles. The zero-order valence-corrected chi connectivity index (χ0v) is 22.8. The molecule has 7 nitrogen and oxygen atoms in total. The highest BCUT2D eigenvalue weighted by Crippen LogP contribution is 2.32. The molecule has 0 unspecified atom stereocenters. The van der Waals surface area contributed by atoms with E-state index in [-0.39, 0.29) is 23.1 Å². The van der Waals surface area contributed by atoms with Crippen molar-refractivity contribution in [1.29, 1.82) is 0 Å². The number of anilines is 1. The van der Waals surface area contributed by atoms with Crippen LogP contribution in [0.15, 0.2) is 83.9 Å². The second-order valence-electron chi connectivity index (χ2n) is 10.5. The highest BCUT2D eigenvalue weighted by atomic mass is 32.2. The third-order valence-corrected chi connectivity index (χ3v) is 8.67. The highest BCUT2D eigenvalue weighted by Gasteiger charge is 2.26. The number of aliphatic hydroxyl groups excluding tert-OH is 1. The maximum atomic E-state index is 12.8. The fourth-order valence-corrected chi connectivity index (χ4v) is 6.21. The maximum absolute atomic E-state index is 12.8. The molecule has 1 fully saturated rings. The Hall–Kier alpha value is -3.46. The number of nitrogens with one attached hydrogen (secondary N) is 1. The molecule has 39 heavy (non-hydrogen) atoms. The number of hydrogen-bond acceptors (Lipinski definition) is 4. The van der Waals surface area contributed by atoms with Crippen LogP contribution in [0.5, 0.6) is 0 Å². The Bertz CT molecular complexity index is 1570. The molecule has 1 heterocycles. The molecule has 1 aliphatic carbocycles. The number of benzene rings is 3. The second-order valence-corrected chi connectivity index (χ2v) is 11.9. The molecule has 8 heteroatoms. The summed E-state index contributed by atoms with van der Waals surface area (Å²) in [5.41, 5.74) is 4.03. The molecule has 0 bridgehead atoms. The fourth-order valence-electron chi connectivity index (χ4n) is 5.68. The van der Waals surface area contributed by atoms with Gasteiger partial charge in [0.25, 0.3) is 10.1 Å². The SMILES string of the molecule is Cc1ccc(S(=O)(=O)O)cc1C[C@H](O)[C@H](c1ccccc1)n1ccc2cc(NC(=O)C3CCCCC3)ccc21. The Kier molecular flexibility index (Phi) is 7.88. The van der Waals surface area contributed by atoms with Gasteiger partial charge in [-0.3, -0.25) is 9.35 Å². The molecule has 0 spiro atoms. The standard InChI is InChI=1S/C31H34N2O5S/c1-21-12-14-27(39(36,37)38)19-25(21)20-29(34)30(22-8-4-2-5-9-22)33-17-16-24-18-26(13-15-28(24)33)32-31(35)23-10-6-3-7-11-23/h2,4-5,8-9,12-19,23,29-30,34H,3,6-7,10-11,20H2,1H3,(H,32,35)(H,36,37,38)/t29-,30-/m0/s1. The summed E-state index contributed by atoms with van der Waals surface area (Å²) in [5.74, 6) is 0.146. The molecule has 1 aliphatic rings. The van der Waals surface area contributed by atoms with E-state index in [4.69, 9.17) is 0 Å². The first-order valence-electron chi connectivity index (χ1n) is 13.4. The lowest BCUT2D eigenvalue weighted by molar-refractivity contribution is -0.120. The van der Waals surface area contributed by atoms with E-state index in [1.807, 2.05) is 72.3 Å². The molecule has 0 aliphatic heterocycles. The number of carbonyl (C=O) groups excluding carboxylic acids is 1. The van der Waals surface area contributed by atoms with Crippen LogP contribution in [-0.2, 0) is 21.3 Å². The average molecular weight is 547 g/mol. The lowest BCUT2D eigenvalue weighted by atomic mass is 9.88. The number of amides is 1.